The van der Waals surface area contributed by atoms with Gasteiger partial charge in [-0.15, -0.1) is 10.2 Å². The van der Waals surface area contributed by atoms with E-state index in [1.54, 1.807) is 23.0 Å². The molecule has 0 radical (unpaired) electrons. The van der Waals surface area contributed by atoms with Crippen LogP contribution in [0.2, 0.25) is 0 Å². The molecule has 2 heterocycles. The molecule has 0 spiro atoms. The molecule has 1 aliphatic rings. The van der Waals surface area contributed by atoms with Gasteiger partial charge in [0.05, 0.1) is 24.6 Å². The van der Waals surface area contributed by atoms with Crippen molar-refractivity contribution in [2.75, 3.05) is 12.9 Å². The number of hydrogen-bond acceptors (Lipinski definition) is 6. The van der Waals surface area contributed by atoms with Crippen LogP contribution in [0.1, 0.15) is 23.6 Å². The Bertz CT molecular complexity index is 1020. The lowest BCUT2D eigenvalue weighted by Crippen LogP contribution is -2.28. The molecule has 1 atom stereocenters. The lowest BCUT2D eigenvalue weighted by atomic mass is 9.98. The minimum absolute atomic E-state index is 0.0650. The first-order chi connectivity index (χ1) is 14.2. The summed E-state index contributed by atoms with van der Waals surface area (Å²) in [6.45, 7) is 0. The van der Waals surface area contributed by atoms with E-state index in [0.717, 1.165) is 22.6 Å². The van der Waals surface area contributed by atoms with Crippen molar-refractivity contribution < 1.29 is 9.53 Å². The van der Waals surface area contributed by atoms with Gasteiger partial charge in [0.1, 0.15) is 12.1 Å². The van der Waals surface area contributed by atoms with Crippen LogP contribution in [0.5, 0.6) is 5.75 Å². The van der Waals surface area contributed by atoms with Crippen molar-refractivity contribution in [3.63, 3.8) is 0 Å². The number of methoxy groups -OCH3 is 1. The maximum atomic E-state index is 13.1. The summed E-state index contributed by atoms with van der Waals surface area (Å²) in [4.78, 5) is 13.1. The molecule has 2 aromatic carbocycles. The zero-order chi connectivity index (χ0) is 20.2. The Morgan fingerprint density at radius 2 is 1.93 bits per heavy atom. The highest BCUT2D eigenvalue weighted by Gasteiger charge is 2.33. The van der Waals surface area contributed by atoms with Crippen LogP contribution < -0.4 is 4.74 Å². The molecule has 0 N–H and O–H groups in total. The number of benzene rings is 2. The van der Waals surface area contributed by atoms with Crippen molar-refractivity contribution in [1.82, 2.24) is 19.8 Å². The van der Waals surface area contributed by atoms with E-state index in [1.807, 2.05) is 61.6 Å². The Morgan fingerprint density at radius 3 is 2.59 bits per heavy atom. The Morgan fingerprint density at radius 1 is 1.17 bits per heavy atom. The van der Waals surface area contributed by atoms with E-state index < -0.39 is 0 Å². The van der Waals surface area contributed by atoms with Gasteiger partial charge in [0.15, 0.2) is 5.16 Å². The molecule has 4 rings (SSSR count). The summed E-state index contributed by atoms with van der Waals surface area (Å²) in [5.74, 6) is 0.960. The smallest absolute Gasteiger partial charge is 0.253 e. The van der Waals surface area contributed by atoms with Crippen LogP contribution in [0.25, 0.3) is 0 Å². The van der Waals surface area contributed by atoms with Gasteiger partial charge in [0, 0.05) is 13.5 Å². The quantitative estimate of drug-likeness (QED) is 0.586. The third-order valence-electron chi connectivity index (χ3n) is 4.77. The number of carbonyl (C=O) groups excluding carboxylic acids is 1. The first-order valence-electron chi connectivity index (χ1n) is 9.21. The highest BCUT2D eigenvalue weighted by atomic mass is 32.2. The number of thioether (sulfide) groups is 1. The molecule has 0 saturated carbocycles. The number of aryl methyl sites for hydroxylation is 1. The SMILES string of the molecule is COc1ccc([C@@H]2CC(c3ccccc3)=NN2C(=O)CSc2nncn2C)cc1. The molecular weight excluding hydrogens is 386 g/mol. The van der Waals surface area contributed by atoms with Gasteiger partial charge in [0.25, 0.3) is 5.91 Å². The standard InChI is InChI=1S/C21H21N5O2S/c1-25-14-22-23-21(25)29-13-20(27)26-19(16-8-10-17(28-2)11-9-16)12-18(24-26)15-6-4-3-5-7-15/h3-11,14,19H,12-13H2,1-2H3/t19-/m0/s1. The average Bonchev–Trinajstić information content (AvgIpc) is 3.39. The third-order valence-corrected chi connectivity index (χ3v) is 5.79. The summed E-state index contributed by atoms with van der Waals surface area (Å²) in [5.41, 5.74) is 2.96. The number of nitrogens with zero attached hydrogens (tertiary/aromatic N) is 5. The number of carbonyl (C=O) groups is 1. The van der Waals surface area contributed by atoms with E-state index in [4.69, 9.17) is 9.84 Å². The highest BCUT2D eigenvalue weighted by molar-refractivity contribution is 7.99. The lowest BCUT2D eigenvalue weighted by Gasteiger charge is -2.22. The average molecular weight is 407 g/mol. The zero-order valence-corrected chi connectivity index (χ0v) is 17.0. The molecule has 148 valence electrons. The van der Waals surface area contributed by atoms with Crippen LogP contribution in [-0.2, 0) is 11.8 Å². The fourth-order valence-corrected chi connectivity index (χ4v) is 3.97. The first kappa shape index (κ1) is 19.2. The molecule has 8 heteroatoms. The molecule has 0 saturated heterocycles. The molecule has 1 aliphatic heterocycles. The summed E-state index contributed by atoms with van der Waals surface area (Å²) in [7, 11) is 3.50. The topological polar surface area (TPSA) is 72.6 Å². The summed E-state index contributed by atoms with van der Waals surface area (Å²) in [6, 6.07) is 17.6. The van der Waals surface area contributed by atoms with E-state index in [2.05, 4.69) is 10.2 Å². The molecule has 7 nitrogen and oxygen atoms in total. The molecule has 1 amide bonds. The van der Waals surface area contributed by atoms with E-state index in [1.165, 1.54) is 11.8 Å². The number of amides is 1. The Balaban J connectivity index is 1.58. The van der Waals surface area contributed by atoms with Gasteiger partial charge < -0.3 is 9.30 Å². The van der Waals surface area contributed by atoms with Crippen molar-refractivity contribution in [2.24, 2.45) is 12.1 Å². The molecule has 29 heavy (non-hydrogen) atoms. The molecule has 1 aromatic heterocycles. The van der Waals surface area contributed by atoms with Gasteiger partial charge in [-0.1, -0.05) is 54.2 Å². The number of ether oxygens (including phenoxy) is 1. The fourth-order valence-electron chi connectivity index (χ4n) is 3.23. The van der Waals surface area contributed by atoms with Gasteiger partial charge >= 0.3 is 0 Å². The van der Waals surface area contributed by atoms with Gasteiger partial charge in [-0.25, -0.2) is 5.01 Å². The van der Waals surface area contributed by atoms with E-state index in [0.29, 0.717) is 11.6 Å². The summed E-state index contributed by atoms with van der Waals surface area (Å²) in [5, 5.41) is 14.9. The van der Waals surface area contributed by atoms with Crippen LogP contribution in [0.15, 0.2) is 71.2 Å². The zero-order valence-electron chi connectivity index (χ0n) is 16.2. The molecule has 0 aliphatic carbocycles. The molecule has 0 fully saturated rings. The highest BCUT2D eigenvalue weighted by Crippen LogP contribution is 2.34. The number of rotatable bonds is 6. The molecule has 0 unspecified atom stereocenters. The summed E-state index contributed by atoms with van der Waals surface area (Å²) < 4.78 is 7.05. The van der Waals surface area contributed by atoms with Crippen LogP contribution >= 0.6 is 11.8 Å². The van der Waals surface area contributed by atoms with Crippen LogP contribution in [0.3, 0.4) is 0 Å². The minimum atomic E-state index is -0.149. The van der Waals surface area contributed by atoms with E-state index in [-0.39, 0.29) is 17.7 Å². The van der Waals surface area contributed by atoms with Gasteiger partial charge in [-0.05, 0) is 23.3 Å². The Labute approximate surface area is 173 Å². The predicted octanol–water partition coefficient (Wildman–Crippen LogP) is 3.29. The van der Waals surface area contributed by atoms with Crippen molar-refractivity contribution in [3.05, 3.63) is 72.1 Å². The first-order valence-corrected chi connectivity index (χ1v) is 10.2. The minimum Gasteiger partial charge on any atom is -0.497 e. The van der Waals surface area contributed by atoms with Crippen molar-refractivity contribution in [1.29, 1.82) is 0 Å². The van der Waals surface area contributed by atoms with Crippen molar-refractivity contribution >= 4 is 23.4 Å². The fraction of sp³-hybridized carbons (Fsp3) is 0.238. The maximum absolute atomic E-state index is 13.1. The second-order valence-corrected chi connectivity index (χ2v) is 7.60. The van der Waals surface area contributed by atoms with Crippen molar-refractivity contribution in [3.8, 4) is 5.75 Å². The Kier molecular flexibility index (Phi) is 5.62. The normalized spacial score (nSPS) is 16.0. The lowest BCUT2D eigenvalue weighted by molar-refractivity contribution is -0.130. The van der Waals surface area contributed by atoms with Gasteiger partial charge in [0.2, 0.25) is 0 Å². The predicted molar refractivity (Wildman–Crippen MR) is 112 cm³/mol. The largest absolute Gasteiger partial charge is 0.497 e. The van der Waals surface area contributed by atoms with Gasteiger partial charge in [-0.2, -0.15) is 5.10 Å². The van der Waals surface area contributed by atoms with Gasteiger partial charge in [-0.3, -0.25) is 4.79 Å². The molecule has 3 aromatic rings. The summed E-state index contributed by atoms with van der Waals surface area (Å²) >= 11 is 1.36. The van der Waals surface area contributed by atoms with E-state index >= 15 is 0 Å². The van der Waals surface area contributed by atoms with E-state index in [9.17, 15) is 4.79 Å². The van der Waals surface area contributed by atoms with Crippen LogP contribution in [0.4, 0.5) is 0 Å². The second kappa shape index (κ2) is 8.48. The second-order valence-electron chi connectivity index (χ2n) is 6.66. The molecular formula is C21H21N5O2S. The number of aromatic nitrogens is 3. The van der Waals surface area contributed by atoms with Crippen molar-refractivity contribution in [2.45, 2.75) is 17.6 Å². The molecule has 0 bridgehead atoms. The monoisotopic (exact) mass is 407 g/mol. The summed E-state index contributed by atoms with van der Waals surface area (Å²) in [6.07, 6.45) is 2.28. The number of hydrazone groups is 1. The van der Waals surface area contributed by atoms with Crippen LogP contribution in [-0.4, -0.2) is 44.3 Å². The third kappa shape index (κ3) is 4.17. The van der Waals surface area contributed by atoms with Crippen LogP contribution in [0, 0.1) is 0 Å². The Hall–Kier alpha value is -3.13. The maximum Gasteiger partial charge on any atom is 0.253 e. The number of hydrogen-bond donors (Lipinski definition) is 0.